The second-order valence-electron chi connectivity index (χ2n) is 7.33. The number of aromatic nitrogens is 5. The van der Waals surface area contributed by atoms with Crippen LogP contribution in [0.25, 0.3) is 11.0 Å². The molecule has 0 fully saturated rings. The number of rotatable bonds is 4. The molecule has 26 heavy (non-hydrogen) atoms. The summed E-state index contributed by atoms with van der Waals surface area (Å²) in [6.07, 6.45) is 3.78. The summed E-state index contributed by atoms with van der Waals surface area (Å²) in [4.78, 5) is 27.1. The van der Waals surface area contributed by atoms with Gasteiger partial charge in [-0.1, -0.05) is 13.8 Å². The Morgan fingerprint density at radius 2 is 2.12 bits per heavy atom. The number of H-pyrrole nitrogens is 1. The van der Waals surface area contributed by atoms with E-state index < -0.39 is 0 Å². The van der Waals surface area contributed by atoms with Crippen molar-refractivity contribution in [2.24, 2.45) is 5.92 Å². The monoisotopic (exact) mass is 352 g/mol. The number of aryl methyl sites for hydroxylation is 1. The highest BCUT2D eigenvalue weighted by Crippen LogP contribution is 2.25. The largest absolute Gasteiger partial charge is 0.346 e. The van der Waals surface area contributed by atoms with Gasteiger partial charge in [0.2, 0.25) is 0 Å². The maximum Gasteiger partial charge on any atom is 0.273 e. The second kappa shape index (κ2) is 6.55. The summed E-state index contributed by atoms with van der Waals surface area (Å²) in [5, 5.41) is 5.62. The second-order valence-corrected chi connectivity index (χ2v) is 7.33. The van der Waals surface area contributed by atoms with Crippen molar-refractivity contribution in [1.82, 2.24) is 29.6 Å². The summed E-state index contributed by atoms with van der Waals surface area (Å²) in [7, 11) is 0. The van der Waals surface area contributed by atoms with E-state index in [0.29, 0.717) is 24.7 Å². The summed E-state index contributed by atoms with van der Waals surface area (Å²) in [6.45, 7) is 7.70. The van der Waals surface area contributed by atoms with Crippen LogP contribution in [0.1, 0.15) is 55.4 Å². The van der Waals surface area contributed by atoms with E-state index in [2.05, 4.69) is 28.9 Å². The van der Waals surface area contributed by atoms with E-state index in [4.69, 9.17) is 4.98 Å². The lowest BCUT2D eigenvalue weighted by Gasteiger charge is -2.32. The zero-order chi connectivity index (χ0) is 18.3. The van der Waals surface area contributed by atoms with Gasteiger partial charge in [-0.3, -0.25) is 4.79 Å². The van der Waals surface area contributed by atoms with Gasteiger partial charge in [0.05, 0.1) is 12.6 Å². The Kier molecular flexibility index (Phi) is 4.22. The summed E-state index contributed by atoms with van der Waals surface area (Å²) in [6, 6.07) is 5.55. The Morgan fingerprint density at radius 3 is 2.92 bits per heavy atom. The van der Waals surface area contributed by atoms with Crippen molar-refractivity contribution < 1.29 is 4.79 Å². The molecule has 0 saturated carbocycles. The van der Waals surface area contributed by atoms with E-state index in [1.54, 1.807) is 6.07 Å². The van der Waals surface area contributed by atoms with Gasteiger partial charge in [0, 0.05) is 24.5 Å². The molecular formula is C19H24N6O. The molecule has 3 aromatic heterocycles. The molecule has 0 spiro atoms. The normalized spacial score (nSPS) is 17.1. The maximum atomic E-state index is 13.0. The number of pyridine rings is 1. The fourth-order valence-corrected chi connectivity index (χ4v) is 3.41. The van der Waals surface area contributed by atoms with Crippen LogP contribution >= 0.6 is 0 Å². The molecule has 1 amide bonds. The molecule has 1 aliphatic rings. The molecule has 1 atom stereocenters. The first kappa shape index (κ1) is 16.8. The Morgan fingerprint density at radius 1 is 1.27 bits per heavy atom. The molecule has 3 aromatic rings. The number of carbonyl (C=O) groups is 1. The molecule has 7 nitrogen and oxygen atoms in total. The van der Waals surface area contributed by atoms with Gasteiger partial charge >= 0.3 is 0 Å². The number of amides is 1. The van der Waals surface area contributed by atoms with E-state index in [9.17, 15) is 4.79 Å². The fraction of sp³-hybridized carbons (Fsp3) is 0.474. The number of hydrogen-bond acceptors (Lipinski definition) is 4. The summed E-state index contributed by atoms with van der Waals surface area (Å²) in [5.41, 5.74) is 1.19. The first-order valence-corrected chi connectivity index (χ1v) is 9.21. The van der Waals surface area contributed by atoms with Crippen LogP contribution in [0.4, 0.5) is 0 Å². The van der Waals surface area contributed by atoms with Crippen LogP contribution in [0.15, 0.2) is 24.4 Å². The summed E-state index contributed by atoms with van der Waals surface area (Å²) in [5.74, 6) is 2.30. The average molecular weight is 352 g/mol. The summed E-state index contributed by atoms with van der Waals surface area (Å²) < 4.78 is 1.95. The molecule has 0 radical (unpaired) electrons. The van der Waals surface area contributed by atoms with Crippen molar-refractivity contribution in [2.45, 2.75) is 46.2 Å². The standard InChI is InChI=1S/C19H24N6O/c1-12(2)4-7-16-22-18-13(3)24(10-11-25(18)23-16)19(26)15-6-5-14-8-9-20-17(14)21-15/h5-6,8-9,12-13H,4,7,10-11H2,1-3H3,(H,20,21)/t13-/m1/s1. The number of aromatic amines is 1. The van der Waals surface area contributed by atoms with Gasteiger partial charge in [-0.05, 0) is 37.5 Å². The molecule has 7 heteroatoms. The Bertz CT molecular complexity index is 941. The maximum absolute atomic E-state index is 13.0. The van der Waals surface area contributed by atoms with Crippen LogP contribution in [-0.2, 0) is 13.0 Å². The van der Waals surface area contributed by atoms with Crippen molar-refractivity contribution in [2.75, 3.05) is 6.54 Å². The topological polar surface area (TPSA) is 79.7 Å². The predicted octanol–water partition coefficient (Wildman–Crippen LogP) is 2.96. The Hall–Kier alpha value is -2.70. The molecule has 4 rings (SSSR count). The lowest BCUT2D eigenvalue weighted by atomic mass is 10.1. The molecule has 4 heterocycles. The number of fused-ring (bicyclic) bond motifs is 2. The van der Waals surface area contributed by atoms with Gasteiger partial charge in [-0.25, -0.2) is 14.6 Å². The van der Waals surface area contributed by atoms with Crippen LogP contribution in [0.2, 0.25) is 0 Å². The molecule has 0 aliphatic carbocycles. The third kappa shape index (κ3) is 2.98. The van der Waals surface area contributed by atoms with E-state index >= 15 is 0 Å². The van der Waals surface area contributed by atoms with E-state index in [0.717, 1.165) is 35.5 Å². The Labute approximate surface area is 152 Å². The first-order valence-electron chi connectivity index (χ1n) is 9.21. The van der Waals surface area contributed by atoms with Crippen molar-refractivity contribution in [3.8, 4) is 0 Å². The molecule has 0 bridgehead atoms. The summed E-state index contributed by atoms with van der Waals surface area (Å²) >= 11 is 0. The van der Waals surface area contributed by atoms with Crippen LogP contribution in [0.3, 0.4) is 0 Å². The average Bonchev–Trinajstić information content (AvgIpc) is 3.26. The lowest BCUT2D eigenvalue weighted by molar-refractivity contribution is 0.0625. The van der Waals surface area contributed by atoms with E-state index in [1.165, 1.54) is 0 Å². The minimum atomic E-state index is -0.113. The van der Waals surface area contributed by atoms with Crippen molar-refractivity contribution in [1.29, 1.82) is 0 Å². The Balaban J connectivity index is 1.56. The quantitative estimate of drug-likeness (QED) is 0.783. The third-order valence-corrected chi connectivity index (χ3v) is 4.97. The molecule has 0 saturated heterocycles. The first-order chi connectivity index (χ1) is 12.5. The number of carbonyl (C=O) groups excluding carboxylic acids is 1. The zero-order valence-corrected chi connectivity index (χ0v) is 15.4. The smallest absolute Gasteiger partial charge is 0.273 e. The fourth-order valence-electron chi connectivity index (χ4n) is 3.41. The van der Waals surface area contributed by atoms with Gasteiger partial charge in [-0.15, -0.1) is 0 Å². The highest BCUT2D eigenvalue weighted by molar-refractivity contribution is 5.94. The van der Waals surface area contributed by atoms with E-state index in [-0.39, 0.29) is 11.9 Å². The van der Waals surface area contributed by atoms with Crippen LogP contribution in [0.5, 0.6) is 0 Å². The SMILES string of the molecule is CC(C)CCc1nc2n(n1)CCN(C(=O)c1ccc3cc[nH]c3n1)[C@@H]2C. The van der Waals surface area contributed by atoms with Crippen LogP contribution in [0, 0.1) is 5.92 Å². The molecule has 0 unspecified atom stereocenters. The number of hydrogen-bond donors (Lipinski definition) is 1. The highest BCUT2D eigenvalue weighted by Gasteiger charge is 2.31. The van der Waals surface area contributed by atoms with E-state index in [1.807, 2.05) is 34.8 Å². The van der Waals surface area contributed by atoms with Gasteiger partial charge in [-0.2, -0.15) is 5.10 Å². The van der Waals surface area contributed by atoms with Gasteiger partial charge in [0.15, 0.2) is 5.82 Å². The molecule has 1 aliphatic heterocycles. The third-order valence-electron chi connectivity index (χ3n) is 4.97. The number of nitrogens with zero attached hydrogens (tertiary/aromatic N) is 5. The predicted molar refractivity (Wildman–Crippen MR) is 98.7 cm³/mol. The van der Waals surface area contributed by atoms with Gasteiger partial charge in [0.1, 0.15) is 17.2 Å². The minimum absolute atomic E-state index is 0.0630. The molecule has 1 N–H and O–H groups in total. The molecule has 0 aromatic carbocycles. The minimum Gasteiger partial charge on any atom is -0.346 e. The van der Waals surface area contributed by atoms with Crippen molar-refractivity contribution >= 4 is 16.9 Å². The molecule has 136 valence electrons. The van der Waals surface area contributed by atoms with Gasteiger partial charge in [0.25, 0.3) is 5.91 Å². The zero-order valence-electron chi connectivity index (χ0n) is 15.4. The lowest BCUT2D eigenvalue weighted by Crippen LogP contribution is -2.41. The van der Waals surface area contributed by atoms with Crippen LogP contribution in [-0.4, -0.2) is 42.1 Å². The molecular weight excluding hydrogens is 328 g/mol. The number of nitrogens with one attached hydrogen (secondary N) is 1. The van der Waals surface area contributed by atoms with Crippen LogP contribution < -0.4 is 0 Å². The van der Waals surface area contributed by atoms with Gasteiger partial charge < -0.3 is 9.88 Å². The van der Waals surface area contributed by atoms with Crippen molar-refractivity contribution in [3.05, 3.63) is 41.7 Å². The van der Waals surface area contributed by atoms with Crippen molar-refractivity contribution in [3.63, 3.8) is 0 Å². The highest BCUT2D eigenvalue weighted by atomic mass is 16.2.